The predicted octanol–water partition coefficient (Wildman–Crippen LogP) is 3.81. The van der Waals surface area contributed by atoms with Gasteiger partial charge in [0.1, 0.15) is 0 Å². The van der Waals surface area contributed by atoms with Crippen LogP contribution >= 0.6 is 0 Å². The summed E-state index contributed by atoms with van der Waals surface area (Å²) in [5, 5.41) is 12.0. The van der Waals surface area contributed by atoms with Crippen molar-refractivity contribution >= 4 is 0 Å². The molecule has 0 heterocycles. The van der Waals surface area contributed by atoms with Crippen LogP contribution in [0.25, 0.3) is 0 Å². The molecule has 1 rings (SSSR count). The Hall–Kier alpha value is -1.60. The Bertz CT molecular complexity index is 480. The van der Waals surface area contributed by atoms with Gasteiger partial charge in [-0.3, -0.25) is 0 Å². The van der Waals surface area contributed by atoms with E-state index in [9.17, 15) is 4.39 Å². The molecule has 0 bridgehead atoms. The fourth-order valence-corrected chi connectivity index (χ4v) is 1.82. The van der Waals surface area contributed by atoms with E-state index in [1.165, 1.54) is 6.07 Å². The molecule has 1 aromatic carbocycles. The maximum Gasteiger partial charge on any atom is 0.165 e. The van der Waals surface area contributed by atoms with E-state index in [-0.39, 0.29) is 23.0 Å². The van der Waals surface area contributed by atoms with Crippen molar-refractivity contribution in [3.8, 4) is 11.8 Å². The summed E-state index contributed by atoms with van der Waals surface area (Å²) in [6.07, 6.45) is 1.47. The lowest BCUT2D eigenvalue weighted by Gasteiger charge is -2.15. The summed E-state index contributed by atoms with van der Waals surface area (Å²) in [5.74, 6) is -0.0732. The maximum absolute atomic E-state index is 13.9. The molecule has 0 aromatic heterocycles. The number of nitrogens with zero attached hydrogens (tertiary/aromatic N) is 1. The normalized spacial score (nSPS) is 12.8. The van der Waals surface area contributed by atoms with E-state index in [4.69, 9.17) is 10.00 Å². The number of hydrogen-bond donors (Lipinski definition) is 1. The highest BCUT2D eigenvalue weighted by atomic mass is 19.1. The number of nitrogens with one attached hydrogen (secondary N) is 1. The van der Waals surface area contributed by atoms with Crippen molar-refractivity contribution in [3.63, 3.8) is 0 Å². The van der Waals surface area contributed by atoms with Gasteiger partial charge in [-0.25, -0.2) is 4.39 Å². The van der Waals surface area contributed by atoms with Crippen LogP contribution in [0.4, 0.5) is 4.39 Å². The average molecular weight is 278 g/mol. The van der Waals surface area contributed by atoms with Crippen LogP contribution in [-0.4, -0.2) is 13.7 Å². The van der Waals surface area contributed by atoms with E-state index in [1.54, 1.807) is 6.07 Å². The van der Waals surface area contributed by atoms with Crippen molar-refractivity contribution in [2.45, 2.75) is 39.7 Å². The molecule has 0 aliphatic heterocycles. The SMILES string of the molecule is CNC(C)c1ccc(OCCCC(C)(C)C#N)c(F)c1. The lowest BCUT2D eigenvalue weighted by Crippen LogP contribution is -2.13. The van der Waals surface area contributed by atoms with Gasteiger partial charge in [0, 0.05) is 6.04 Å². The summed E-state index contributed by atoms with van der Waals surface area (Å²) in [5.41, 5.74) is 0.538. The maximum atomic E-state index is 13.9. The van der Waals surface area contributed by atoms with Gasteiger partial charge in [0.15, 0.2) is 11.6 Å². The van der Waals surface area contributed by atoms with Gasteiger partial charge < -0.3 is 10.1 Å². The predicted molar refractivity (Wildman–Crippen MR) is 78.0 cm³/mol. The lowest BCUT2D eigenvalue weighted by molar-refractivity contribution is 0.273. The quantitative estimate of drug-likeness (QED) is 0.771. The molecule has 110 valence electrons. The van der Waals surface area contributed by atoms with Crippen molar-refractivity contribution in [2.24, 2.45) is 5.41 Å². The molecule has 1 aromatic rings. The molecule has 3 nitrogen and oxygen atoms in total. The summed E-state index contributed by atoms with van der Waals surface area (Å²) in [6.45, 7) is 6.17. The topological polar surface area (TPSA) is 45.0 Å². The fourth-order valence-electron chi connectivity index (χ4n) is 1.82. The largest absolute Gasteiger partial charge is 0.491 e. The van der Waals surface area contributed by atoms with E-state index in [0.29, 0.717) is 6.61 Å². The van der Waals surface area contributed by atoms with Crippen molar-refractivity contribution in [1.82, 2.24) is 5.32 Å². The molecule has 0 radical (unpaired) electrons. The Balaban J connectivity index is 2.52. The highest BCUT2D eigenvalue weighted by Gasteiger charge is 2.16. The summed E-state index contributed by atoms with van der Waals surface area (Å²) < 4.78 is 19.3. The number of hydrogen-bond acceptors (Lipinski definition) is 3. The Morgan fingerprint density at radius 2 is 2.15 bits per heavy atom. The highest BCUT2D eigenvalue weighted by molar-refractivity contribution is 5.30. The molecule has 1 N–H and O–H groups in total. The van der Waals surface area contributed by atoms with Gasteiger partial charge >= 0.3 is 0 Å². The first-order valence-electron chi connectivity index (χ1n) is 6.90. The number of halogens is 1. The Morgan fingerprint density at radius 3 is 2.70 bits per heavy atom. The Labute approximate surface area is 120 Å². The summed E-state index contributed by atoms with van der Waals surface area (Å²) in [4.78, 5) is 0. The second-order valence-corrected chi connectivity index (χ2v) is 5.65. The monoisotopic (exact) mass is 278 g/mol. The second-order valence-electron chi connectivity index (χ2n) is 5.65. The minimum absolute atomic E-state index is 0.106. The van der Waals surface area contributed by atoms with Crippen LogP contribution in [0, 0.1) is 22.6 Å². The minimum Gasteiger partial charge on any atom is -0.491 e. The molecule has 0 saturated carbocycles. The van der Waals surface area contributed by atoms with Crippen LogP contribution in [0.2, 0.25) is 0 Å². The zero-order valence-corrected chi connectivity index (χ0v) is 12.7. The van der Waals surface area contributed by atoms with Crippen LogP contribution in [0.15, 0.2) is 18.2 Å². The average Bonchev–Trinajstić information content (AvgIpc) is 2.44. The fraction of sp³-hybridized carbons (Fsp3) is 0.562. The zero-order valence-electron chi connectivity index (χ0n) is 12.7. The van der Waals surface area contributed by atoms with Crippen LogP contribution in [0.5, 0.6) is 5.75 Å². The molecular weight excluding hydrogens is 255 g/mol. The van der Waals surface area contributed by atoms with Crippen molar-refractivity contribution in [3.05, 3.63) is 29.6 Å². The summed E-state index contributed by atoms with van der Waals surface area (Å²) in [6, 6.07) is 7.36. The second kappa shape index (κ2) is 7.25. The highest BCUT2D eigenvalue weighted by Crippen LogP contribution is 2.24. The molecule has 20 heavy (non-hydrogen) atoms. The van der Waals surface area contributed by atoms with Crippen LogP contribution in [0.3, 0.4) is 0 Å². The molecule has 1 unspecified atom stereocenters. The van der Waals surface area contributed by atoms with Gasteiger partial charge in [-0.05, 0) is 58.4 Å². The summed E-state index contributed by atoms with van der Waals surface area (Å²) in [7, 11) is 1.84. The molecule has 0 aliphatic rings. The molecule has 0 saturated heterocycles. The van der Waals surface area contributed by atoms with Crippen LogP contribution < -0.4 is 10.1 Å². The first-order valence-corrected chi connectivity index (χ1v) is 6.90. The van der Waals surface area contributed by atoms with E-state index in [0.717, 1.165) is 18.4 Å². The number of rotatable bonds is 7. The van der Waals surface area contributed by atoms with E-state index in [2.05, 4.69) is 11.4 Å². The molecule has 0 aliphatic carbocycles. The zero-order chi connectivity index (χ0) is 15.2. The first-order chi connectivity index (χ1) is 9.39. The van der Waals surface area contributed by atoms with E-state index >= 15 is 0 Å². The van der Waals surface area contributed by atoms with Gasteiger partial charge in [-0.2, -0.15) is 5.26 Å². The molecule has 0 spiro atoms. The molecule has 0 amide bonds. The third-order valence-electron chi connectivity index (χ3n) is 3.40. The standard InChI is InChI=1S/C16H23FN2O/c1-12(19-4)13-6-7-15(14(17)10-13)20-9-5-8-16(2,3)11-18/h6-7,10,12,19H,5,8-9H2,1-4H3. The molecule has 0 fully saturated rings. The van der Waals surface area contributed by atoms with E-state index in [1.807, 2.05) is 33.9 Å². The van der Waals surface area contributed by atoms with Crippen molar-refractivity contribution in [2.75, 3.05) is 13.7 Å². The lowest BCUT2D eigenvalue weighted by atomic mass is 9.90. The van der Waals surface area contributed by atoms with Crippen molar-refractivity contribution < 1.29 is 9.13 Å². The van der Waals surface area contributed by atoms with E-state index < -0.39 is 0 Å². The molecule has 1 atom stereocenters. The minimum atomic E-state index is -0.353. The van der Waals surface area contributed by atoms with Gasteiger partial charge in [0.05, 0.1) is 18.1 Å². The van der Waals surface area contributed by atoms with Crippen LogP contribution in [-0.2, 0) is 0 Å². The van der Waals surface area contributed by atoms with Crippen molar-refractivity contribution in [1.29, 1.82) is 5.26 Å². The third kappa shape index (κ3) is 4.82. The number of benzene rings is 1. The Morgan fingerprint density at radius 1 is 1.45 bits per heavy atom. The van der Waals surface area contributed by atoms with Gasteiger partial charge in [-0.15, -0.1) is 0 Å². The van der Waals surface area contributed by atoms with Gasteiger partial charge in [0.2, 0.25) is 0 Å². The Kier molecular flexibility index (Phi) is 5.97. The molecule has 4 heteroatoms. The smallest absolute Gasteiger partial charge is 0.165 e. The number of ether oxygens (including phenoxy) is 1. The van der Waals surface area contributed by atoms with Crippen LogP contribution in [0.1, 0.15) is 45.2 Å². The van der Waals surface area contributed by atoms with Gasteiger partial charge in [0.25, 0.3) is 0 Å². The first kappa shape index (κ1) is 16.5. The summed E-state index contributed by atoms with van der Waals surface area (Å²) >= 11 is 0. The number of nitriles is 1. The molecular formula is C16H23FN2O. The third-order valence-corrected chi connectivity index (χ3v) is 3.40. The van der Waals surface area contributed by atoms with Gasteiger partial charge in [-0.1, -0.05) is 6.07 Å².